The van der Waals surface area contributed by atoms with Crippen LogP contribution in [-0.4, -0.2) is 5.91 Å². The average Bonchev–Trinajstić information content (AvgIpc) is 2.48. The Bertz CT molecular complexity index is 554. The maximum absolute atomic E-state index is 12.1. The van der Waals surface area contributed by atoms with Crippen molar-refractivity contribution < 1.29 is 4.79 Å². The fourth-order valence-electron chi connectivity index (χ4n) is 1.92. The number of nitrogens with one attached hydrogen (secondary N) is 1. The van der Waals surface area contributed by atoms with Gasteiger partial charge in [0.1, 0.15) is 5.38 Å². The van der Waals surface area contributed by atoms with E-state index < -0.39 is 5.38 Å². The average molecular weight is 274 g/mol. The van der Waals surface area contributed by atoms with Gasteiger partial charge in [-0.2, -0.15) is 0 Å². The summed E-state index contributed by atoms with van der Waals surface area (Å²) in [5.41, 5.74) is 2.74. The van der Waals surface area contributed by atoms with Crippen molar-refractivity contribution >= 4 is 23.2 Å². The normalized spacial score (nSPS) is 11.9. The predicted molar refractivity (Wildman–Crippen MR) is 79.5 cm³/mol. The molecule has 2 rings (SSSR count). The van der Waals surface area contributed by atoms with Crippen molar-refractivity contribution in [3.8, 4) is 0 Å². The molecule has 0 heterocycles. The summed E-state index contributed by atoms with van der Waals surface area (Å²) in [7, 11) is 0. The Kier molecular flexibility index (Phi) is 4.58. The monoisotopic (exact) mass is 273 g/mol. The van der Waals surface area contributed by atoms with Gasteiger partial charge in [0.25, 0.3) is 0 Å². The zero-order chi connectivity index (χ0) is 13.7. The van der Waals surface area contributed by atoms with Crippen LogP contribution in [-0.2, 0) is 11.2 Å². The lowest BCUT2D eigenvalue weighted by Crippen LogP contribution is -2.18. The summed E-state index contributed by atoms with van der Waals surface area (Å²) in [5, 5.41) is 2.21. The van der Waals surface area contributed by atoms with Gasteiger partial charge >= 0.3 is 0 Å². The summed E-state index contributed by atoms with van der Waals surface area (Å²) in [6, 6.07) is 17.1. The van der Waals surface area contributed by atoms with Crippen LogP contribution in [0.3, 0.4) is 0 Å². The van der Waals surface area contributed by atoms with E-state index in [0.29, 0.717) is 0 Å². The highest BCUT2D eigenvalue weighted by Gasteiger charge is 2.17. The van der Waals surface area contributed by atoms with Crippen LogP contribution in [0.5, 0.6) is 0 Å². The van der Waals surface area contributed by atoms with E-state index in [0.717, 1.165) is 23.2 Å². The summed E-state index contributed by atoms with van der Waals surface area (Å²) in [5.74, 6) is -0.200. The Labute approximate surface area is 118 Å². The van der Waals surface area contributed by atoms with Gasteiger partial charge in [-0.25, -0.2) is 0 Å². The molecule has 2 nitrogen and oxygen atoms in total. The molecule has 2 aromatic rings. The van der Waals surface area contributed by atoms with E-state index in [4.69, 9.17) is 11.6 Å². The van der Waals surface area contributed by atoms with Gasteiger partial charge in [-0.15, -0.1) is 11.6 Å². The number of amides is 1. The van der Waals surface area contributed by atoms with Gasteiger partial charge < -0.3 is 5.32 Å². The number of hydrogen-bond acceptors (Lipinski definition) is 1. The summed E-state index contributed by atoms with van der Waals surface area (Å²) >= 11 is 6.19. The van der Waals surface area contributed by atoms with Crippen LogP contribution < -0.4 is 5.32 Å². The van der Waals surface area contributed by atoms with Gasteiger partial charge in [-0.05, 0) is 23.6 Å². The molecule has 1 atom stereocenters. The van der Waals surface area contributed by atoms with E-state index in [1.807, 2.05) is 54.6 Å². The second-order valence-corrected chi connectivity index (χ2v) is 4.71. The fourth-order valence-corrected chi connectivity index (χ4v) is 2.12. The molecule has 1 unspecified atom stereocenters. The minimum atomic E-state index is -0.675. The second-order valence-electron chi connectivity index (χ2n) is 4.27. The molecule has 0 bridgehead atoms. The van der Waals surface area contributed by atoms with Gasteiger partial charge in [0.05, 0.1) is 0 Å². The third-order valence-electron chi connectivity index (χ3n) is 2.98. The molecule has 1 N–H and O–H groups in total. The van der Waals surface area contributed by atoms with Crippen LogP contribution in [0, 0.1) is 0 Å². The highest BCUT2D eigenvalue weighted by molar-refractivity contribution is 6.32. The third kappa shape index (κ3) is 3.36. The van der Waals surface area contributed by atoms with Gasteiger partial charge in [0, 0.05) is 5.69 Å². The quantitative estimate of drug-likeness (QED) is 0.833. The molecule has 0 aliphatic rings. The minimum absolute atomic E-state index is 0.200. The lowest BCUT2D eigenvalue weighted by atomic mass is 10.1. The van der Waals surface area contributed by atoms with Crippen LogP contribution >= 0.6 is 11.6 Å². The van der Waals surface area contributed by atoms with Crippen LogP contribution in [0.4, 0.5) is 5.69 Å². The molecule has 0 aliphatic heterocycles. The van der Waals surface area contributed by atoms with Crippen LogP contribution in [0.2, 0.25) is 0 Å². The van der Waals surface area contributed by atoms with E-state index in [9.17, 15) is 4.79 Å². The van der Waals surface area contributed by atoms with E-state index >= 15 is 0 Å². The van der Waals surface area contributed by atoms with Crippen LogP contribution in [0.1, 0.15) is 23.4 Å². The first-order chi connectivity index (χ1) is 9.22. The lowest BCUT2D eigenvalue weighted by molar-refractivity contribution is -0.116. The number of anilines is 1. The summed E-state index contributed by atoms with van der Waals surface area (Å²) in [4.78, 5) is 12.1. The standard InChI is InChI=1S/C16H16ClNO/c1-2-12-8-6-7-11-14(12)18-16(19)15(17)13-9-4-3-5-10-13/h3-11,15H,2H2,1H3,(H,18,19). The van der Waals surface area contributed by atoms with E-state index in [1.165, 1.54) is 0 Å². The zero-order valence-corrected chi connectivity index (χ0v) is 11.5. The third-order valence-corrected chi connectivity index (χ3v) is 3.43. The molecule has 0 aliphatic carbocycles. The first-order valence-corrected chi connectivity index (χ1v) is 6.73. The Hall–Kier alpha value is -1.80. The minimum Gasteiger partial charge on any atom is -0.324 e. The molecule has 3 heteroatoms. The zero-order valence-electron chi connectivity index (χ0n) is 10.8. The first kappa shape index (κ1) is 13.6. The molecule has 0 radical (unpaired) electrons. The van der Waals surface area contributed by atoms with Crippen molar-refractivity contribution in [2.24, 2.45) is 0 Å². The largest absolute Gasteiger partial charge is 0.324 e. The van der Waals surface area contributed by atoms with E-state index in [1.54, 1.807) is 0 Å². The summed E-state index contributed by atoms with van der Waals surface area (Å²) in [6.45, 7) is 2.06. The van der Waals surface area contributed by atoms with Crippen molar-refractivity contribution in [3.63, 3.8) is 0 Å². The molecule has 0 fully saturated rings. The van der Waals surface area contributed by atoms with Crippen molar-refractivity contribution in [1.82, 2.24) is 0 Å². The molecule has 0 saturated carbocycles. The highest BCUT2D eigenvalue weighted by atomic mass is 35.5. The van der Waals surface area contributed by atoms with Crippen LogP contribution in [0.25, 0.3) is 0 Å². The Morgan fingerprint density at radius 3 is 2.42 bits per heavy atom. The number of benzene rings is 2. The lowest BCUT2D eigenvalue weighted by Gasteiger charge is -2.13. The molecule has 0 spiro atoms. The smallest absolute Gasteiger partial charge is 0.246 e. The summed E-state index contributed by atoms with van der Waals surface area (Å²) in [6.07, 6.45) is 0.870. The Morgan fingerprint density at radius 1 is 1.11 bits per heavy atom. The van der Waals surface area contributed by atoms with Gasteiger partial charge in [0.15, 0.2) is 0 Å². The number of hydrogen-bond donors (Lipinski definition) is 1. The molecular formula is C16H16ClNO. The van der Waals surface area contributed by atoms with Crippen LogP contribution in [0.15, 0.2) is 54.6 Å². The van der Waals surface area contributed by atoms with Gasteiger partial charge in [-0.1, -0.05) is 55.5 Å². The molecular weight excluding hydrogens is 258 g/mol. The Morgan fingerprint density at radius 2 is 1.74 bits per heavy atom. The number of para-hydroxylation sites is 1. The van der Waals surface area contributed by atoms with E-state index in [2.05, 4.69) is 12.2 Å². The molecule has 0 saturated heterocycles. The van der Waals surface area contributed by atoms with Crippen molar-refractivity contribution in [3.05, 3.63) is 65.7 Å². The van der Waals surface area contributed by atoms with Crippen molar-refractivity contribution in [2.45, 2.75) is 18.7 Å². The maximum Gasteiger partial charge on any atom is 0.246 e. The summed E-state index contributed by atoms with van der Waals surface area (Å²) < 4.78 is 0. The number of halogens is 1. The second kappa shape index (κ2) is 6.39. The topological polar surface area (TPSA) is 29.1 Å². The molecule has 19 heavy (non-hydrogen) atoms. The molecule has 0 aromatic heterocycles. The first-order valence-electron chi connectivity index (χ1n) is 6.30. The fraction of sp³-hybridized carbons (Fsp3) is 0.188. The SMILES string of the molecule is CCc1ccccc1NC(=O)C(Cl)c1ccccc1. The number of carbonyl (C=O) groups excluding carboxylic acids is 1. The number of alkyl halides is 1. The van der Waals surface area contributed by atoms with Gasteiger partial charge in [0.2, 0.25) is 5.91 Å². The van der Waals surface area contributed by atoms with E-state index in [-0.39, 0.29) is 5.91 Å². The van der Waals surface area contributed by atoms with Crippen molar-refractivity contribution in [1.29, 1.82) is 0 Å². The highest BCUT2D eigenvalue weighted by Crippen LogP contribution is 2.23. The number of rotatable bonds is 4. The molecule has 98 valence electrons. The Balaban J connectivity index is 2.13. The maximum atomic E-state index is 12.1. The molecule has 2 aromatic carbocycles. The van der Waals surface area contributed by atoms with Gasteiger partial charge in [-0.3, -0.25) is 4.79 Å². The molecule has 1 amide bonds. The number of aryl methyl sites for hydroxylation is 1. The van der Waals surface area contributed by atoms with Crippen molar-refractivity contribution in [2.75, 3.05) is 5.32 Å². The predicted octanol–water partition coefficient (Wildman–Crippen LogP) is 4.17. The number of carbonyl (C=O) groups is 1.